The van der Waals surface area contributed by atoms with Crippen molar-refractivity contribution in [1.82, 2.24) is 5.32 Å². The molecule has 2 aliphatic rings. The highest BCUT2D eigenvalue weighted by molar-refractivity contribution is 6.23. The molecule has 0 bridgehead atoms. The molecule has 1 aliphatic heterocycles. The zero-order chi connectivity index (χ0) is 20.5. The quantitative estimate of drug-likeness (QED) is 0.776. The van der Waals surface area contributed by atoms with Crippen molar-refractivity contribution in [3.05, 3.63) is 82.1 Å². The van der Waals surface area contributed by atoms with Crippen LogP contribution in [-0.2, 0) is 9.53 Å². The molecule has 1 heterocycles. The number of dihydropyridines is 1. The normalized spacial score (nSPS) is 17.6. The standard InChI is InChI=1S/C24H23NO4/c1-4-28-18-13-9-8-12-17(18)20-19(24(27)29-5-2)14(3)25-22-15-10-6-7-11-16(15)23(26)21(20)22/h6-13,20,25H,4-5H2,1-3H3/t20-/m1/s1. The van der Waals surface area contributed by atoms with Gasteiger partial charge >= 0.3 is 5.97 Å². The molecule has 29 heavy (non-hydrogen) atoms. The molecule has 1 N–H and O–H groups in total. The Labute approximate surface area is 170 Å². The summed E-state index contributed by atoms with van der Waals surface area (Å²) in [5.41, 5.74) is 4.73. The van der Waals surface area contributed by atoms with Crippen molar-refractivity contribution in [3.63, 3.8) is 0 Å². The van der Waals surface area contributed by atoms with E-state index in [0.717, 1.165) is 16.8 Å². The Balaban J connectivity index is 1.95. The van der Waals surface area contributed by atoms with Gasteiger partial charge < -0.3 is 14.8 Å². The van der Waals surface area contributed by atoms with Gasteiger partial charge in [-0.1, -0.05) is 42.5 Å². The molecular formula is C24H23NO4. The summed E-state index contributed by atoms with van der Waals surface area (Å²) in [7, 11) is 0. The Hall–Kier alpha value is -3.34. The van der Waals surface area contributed by atoms with E-state index in [1.165, 1.54) is 0 Å². The number of allylic oxidation sites excluding steroid dienone is 2. The van der Waals surface area contributed by atoms with Crippen molar-refractivity contribution in [2.75, 3.05) is 13.2 Å². The highest BCUT2D eigenvalue weighted by atomic mass is 16.5. The van der Waals surface area contributed by atoms with Crippen LogP contribution in [0.5, 0.6) is 5.75 Å². The summed E-state index contributed by atoms with van der Waals surface area (Å²) in [5, 5.41) is 3.30. The van der Waals surface area contributed by atoms with Crippen LogP contribution >= 0.6 is 0 Å². The summed E-state index contributed by atoms with van der Waals surface area (Å²) in [6, 6.07) is 15.1. The first-order chi connectivity index (χ1) is 14.1. The third-order valence-electron chi connectivity index (χ3n) is 5.27. The summed E-state index contributed by atoms with van der Waals surface area (Å²) in [5.74, 6) is -0.405. The zero-order valence-corrected chi connectivity index (χ0v) is 16.7. The Kier molecular flexibility index (Phi) is 4.97. The second-order valence-electron chi connectivity index (χ2n) is 6.95. The van der Waals surface area contributed by atoms with E-state index < -0.39 is 11.9 Å². The summed E-state index contributed by atoms with van der Waals surface area (Å²) < 4.78 is 11.2. The number of ether oxygens (including phenoxy) is 2. The third kappa shape index (κ3) is 3.03. The maximum absolute atomic E-state index is 13.4. The van der Waals surface area contributed by atoms with Crippen molar-refractivity contribution in [2.45, 2.75) is 26.7 Å². The van der Waals surface area contributed by atoms with Crippen LogP contribution in [-0.4, -0.2) is 25.0 Å². The number of ketones is 1. The number of hydrogen-bond acceptors (Lipinski definition) is 5. The Morgan fingerprint density at radius 3 is 2.41 bits per heavy atom. The van der Waals surface area contributed by atoms with E-state index in [9.17, 15) is 9.59 Å². The first-order valence-corrected chi connectivity index (χ1v) is 9.83. The predicted octanol–water partition coefficient (Wildman–Crippen LogP) is 4.22. The van der Waals surface area contributed by atoms with E-state index in [0.29, 0.717) is 34.8 Å². The van der Waals surface area contributed by atoms with Crippen LogP contribution in [0, 0.1) is 0 Å². The minimum absolute atomic E-state index is 0.0753. The Morgan fingerprint density at radius 1 is 1.00 bits per heavy atom. The van der Waals surface area contributed by atoms with Gasteiger partial charge in [0.25, 0.3) is 0 Å². The first-order valence-electron chi connectivity index (χ1n) is 9.83. The summed E-state index contributed by atoms with van der Waals surface area (Å²) >= 11 is 0. The lowest BCUT2D eigenvalue weighted by atomic mass is 9.79. The highest BCUT2D eigenvalue weighted by Crippen LogP contribution is 2.48. The van der Waals surface area contributed by atoms with Crippen molar-refractivity contribution in [2.24, 2.45) is 0 Å². The summed E-state index contributed by atoms with van der Waals surface area (Å²) in [6.07, 6.45) is 0. The topological polar surface area (TPSA) is 64.6 Å². The number of benzene rings is 2. The average molecular weight is 389 g/mol. The molecule has 0 fully saturated rings. The number of para-hydroxylation sites is 1. The smallest absolute Gasteiger partial charge is 0.336 e. The summed E-state index contributed by atoms with van der Waals surface area (Å²) in [4.78, 5) is 26.3. The highest BCUT2D eigenvalue weighted by Gasteiger charge is 2.43. The lowest BCUT2D eigenvalue weighted by Crippen LogP contribution is -2.29. The molecule has 0 unspecified atom stereocenters. The van der Waals surface area contributed by atoms with Crippen LogP contribution in [0.2, 0.25) is 0 Å². The Morgan fingerprint density at radius 2 is 1.69 bits per heavy atom. The molecule has 2 aromatic carbocycles. The molecule has 4 rings (SSSR count). The van der Waals surface area contributed by atoms with Gasteiger partial charge in [0.05, 0.1) is 30.4 Å². The second kappa shape index (κ2) is 7.59. The van der Waals surface area contributed by atoms with Crippen LogP contribution in [0.25, 0.3) is 5.70 Å². The van der Waals surface area contributed by atoms with Gasteiger partial charge in [0.1, 0.15) is 5.75 Å². The minimum atomic E-state index is -0.562. The average Bonchev–Trinajstić information content (AvgIpc) is 3.00. The minimum Gasteiger partial charge on any atom is -0.494 e. The van der Waals surface area contributed by atoms with Crippen LogP contribution < -0.4 is 10.1 Å². The van der Waals surface area contributed by atoms with Gasteiger partial charge in [-0.3, -0.25) is 4.79 Å². The van der Waals surface area contributed by atoms with Gasteiger partial charge in [-0.05, 0) is 26.8 Å². The molecule has 0 radical (unpaired) electrons. The molecule has 1 aliphatic carbocycles. The maximum Gasteiger partial charge on any atom is 0.336 e. The van der Waals surface area contributed by atoms with Crippen LogP contribution in [0.1, 0.15) is 48.2 Å². The SMILES string of the molecule is CCOC(=O)C1=C(C)NC2=C(C(=O)c3ccccc32)[C@@H]1c1ccccc1OCC. The van der Waals surface area contributed by atoms with Crippen LogP contribution in [0.15, 0.2) is 65.4 Å². The number of carbonyl (C=O) groups excluding carboxylic acids is 2. The van der Waals surface area contributed by atoms with Gasteiger partial charge in [0.2, 0.25) is 0 Å². The lowest BCUT2D eigenvalue weighted by molar-refractivity contribution is -0.138. The van der Waals surface area contributed by atoms with Gasteiger partial charge in [-0.2, -0.15) is 0 Å². The van der Waals surface area contributed by atoms with E-state index in [1.807, 2.05) is 62.4 Å². The molecule has 148 valence electrons. The number of esters is 1. The molecule has 0 aromatic heterocycles. The van der Waals surface area contributed by atoms with Crippen molar-refractivity contribution in [1.29, 1.82) is 0 Å². The van der Waals surface area contributed by atoms with Gasteiger partial charge in [0, 0.05) is 28.0 Å². The van der Waals surface area contributed by atoms with Gasteiger partial charge in [-0.15, -0.1) is 0 Å². The second-order valence-corrected chi connectivity index (χ2v) is 6.95. The van der Waals surface area contributed by atoms with Crippen LogP contribution in [0.3, 0.4) is 0 Å². The molecule has 0 amide bonds. The van der Waals surface area contributed by atoms with E-state index in [1.54, 1.807) is 6.92 Å². The number of hydrogen-bond donors (Lipinski definition) is 1. The van der Waals surface area contributed by atoms with Crippen molar-refractivity contribution < 1.29 is 19.1 Å². The molecule has 2 aromatic rings. The predicted molar refractivity (Wildman–Crippen MR) is 111 cm³/mol. The monoisotopic (exact) mass is 389 g/mol. The Bertz CT molecular complexity index is 1060. The molecule has 5 nitrogen and oxygen atoms in total. The number of Topliss-reactive ketones (excluding diaryl/α,β-unsaturated/α-hetero) is 1. The van der Waals surface area contributed by atoms with Crippen molar-refractivity contribution in [3.8, 4) is 5.75 Å². The fourth-order valence-electron chi connectivity index (χ4n) is 4.13. The molecule has 5 heteroatoms. The molecule has 0 spiro atoms. The zero-order valence-electron chi connectivity index (χ0n) is 16.7. The lowest BCUT2D eigenvalue weighted by Gasteiger charge is -2.30. The molecule has 0 saturated heterocycles. The van der Waals surface area contributed by atoms with Gasteiger partial charge in [-0.25, -0.2) is 4.79 Å². The molecule has 0 saturated carbocycles. The number of rotatable bonds is 5. The maximum atomic E-state index is 13.4. The number of carbonyl (C=O) groups is 2. The number of nitrogens with one attached hydrogen (secondary N) is 1. The van der Waals surface area contributed by atoms with Crippen molar-refractivity contribution >= 4 is 17.4 Å². The fourth-order valence-corrected chi connectivity index (χ4v) is 4.13. The van der Waals surface area contributed by atoms with E-state index in [2.05, 4.69) is 5.32 Å². The summed E-state index contributed by atoms with van der Waals surface area (Å²) in [6.45, 7) is 6.27. The molecular weight excluding hydrogens is 366 g/mol. The van der Waals surface area contributed by atoms with E-state index in [-0.39, 0.29) is 12.4 Å². The number of fused-ring (bicyclic) bond motifs is 2. The van der Waals surface area contributed by atoms with E-state index >= 15 is 0 Å². The molecule has 1 atom stereocenters. The van der Waals surface area contributed by atoms with E-state index in [4.69, 9.17) is 9.47 Å². The van der Waals surface area contributed by atoms with Crippen LogP contribution in [0.4, 0.5) is 0 Å². The largest absolute Gasteiger partial charge is 0.494 e. The van der Waals surface area contributed by atoms with Gasteiger partial charge in [0.15, 0.2) is 5.78 Å². The first kappa shape index (κ1) is 19.0. The fraction of sp³-hybridized carbons (Fsp3) is 0.250. The third-order valence-corrected chi connectivity index (χ3v) is 5.27.